The first-order chi connectivity index (χ1) is 7.95. The fourth-order valence-corrected chi connectivity index (χ4v) is 1.93. The summed E-state index contributed by atoms with van der Waals surface area (Å²) in [5, 5.41) is 8.84. The van der Waals surface area contributed by atoms with Crippen molar-refractivity contribution in [2.45, 2.75) is 39.7 Å². The van der Waals surface area contributed by atoms with Gasteiger partial charge in [-0.2, -0.15) is 0 Å². The molecule has 0 radical (unpaired) electrons. The van der Waals surface area contributed by atoms with Crippen LogP contribution in [0.3, 0.4) is 0 Å². The normalized spacial score (nSPS) is 14.8. The molecular formula is C12H22N2O3. The quantitative estimate of drug-likeness (QED) is 0.770. The predicted molar refractivity (Wildman–Crippen MR) is 64.8 cm³/mol. The maximum atomic E-state index is 12.2. The largest absolute Gasteiger partial charge is 0.480 e. The van der Waals surface area contributed by atoms with Crippen molar-refractivity contribution in [3.05, 3.63) is 0 Å². The van der Waals surface area contributed by atoms with E-state index >= 15 is 0 Å². The van der Waals surface area contributed by atoms with Gasteiger partial charge in [-0.3, -0.25) is 4.79 Å². The second kappa shape index (κ2) is 5.89. The molecule has 0 bridgehead atoms. The number of carbonyl (C=O) groups excluding carboxylic acids is 1. The number of carbonyl (C=O) groups is 2. The Balaban J connectivity index is 2.65. The van der Waals surface area contributed by atoms with Gasteiger partial charge in [-0.1, -0.05) is 13.8 Å². The molecular weight excluding hydrogens is 220 g/mol. The van der Waals surface area contributed by atoms with Crippen molar-refractivity contribution in [1.29, 1.82) is 0 Å². The molecule has 0 unspecified atom stereocenters. The minimum absolute atomic E-state index is 0.133. The van der Waals surface area contributed by atoms with Crippen molar-refractivity contribution in [3.8, 4) is 0 Å². The molecule has 1 aliphatic carbocycles. The van der Waals surface area contributed by atoms with Crippen LogP contribution in [-0.4, -0.2) is 52.6 Å². The summed E-state index contributed by atoms with van der Waals surface area (Å²) in [5.41, 5.74) is 0. The molecule has 2 amide bonds. The first kappa shape index (κ1) is 13.8. The van der Waals surface area contributed by atoms with Crippen LogP contribution in [0.1, 0.15) is 33.6 Å². The number of amides is 2. The third kappa shape index (κ3) is 4.24. The summed E-state index contributed by atoms with van der Waals surface area (Å²) in [7, 11) is 0. The van der Waals surface area contributed by atoms with E-state index in [1.807, 2.05) is 20.8 Å². The molecule has 0 aromatic carbocycles. The van der Waals surface area contributed by atoms with E-state index in [0.717, 1.165) is 12.8 Å². The third-order valence-corrected chi connectivity index (χ3v) is 2.76. The zero-order chi connectivity index (χ0) is 13.0. The molecule has 0 aliphatic heterocycles. The number of hydrogen-bond donors (Lipinski definition) is 1. The maximum absolute atomic E-state index is 12.2. The summed E-state index contributed by atoms with van der Waals surface area (Å²) in [5.74, 6) is -0.679. The van der Waals surface area contributed by atoms with Gasteiger partial charge in [0, 0.05) is 19.1 Å². The fraction of sp³-hybridized carbons (Fsp3) is 0.833. The average Bonchev–Trinajstić information content (AvgIpc) is 3.00. The van der Waals surface area contributed by atoms with Crippen LogP contribution in [0.5, 0.6) is 0 Å². The Bertz CT molecular complexity index is 287. The minimum Gasteiger partial charge on any atom is -0.480 e. The van der Waals surface area contributed by atoms with E-state index in [0.29, 0.717) is 19.1 Å². The molecule has 1 saturated carbocycles. The summed E-state index contributed by atoms with van der Waals surface area (Å²) in [4.78, 5) is 26.2. The van der Waals surface area contributed by atoms with Crippen LogP contribution < -0.4 is 0 Å². The number of urea groups is 1. The Morgan fingerprint density at radius 3 is 2.29 bits per heavy atom. The van der Waals surface area contributed by atoms with Crippen molar-refractivity contribution in [2.75, 3.05) is 19.6 Å². The highest BCUT2D eigenvalue weighted by molar-refractivity contribution is 5.80. The van der Waals surface area contributed by atoms with Crippen LogP contribution >= 0.6 is 0 Å². The molecule has 0 atom stereocenters. The molecule has 98 valence electrons. The van der Waals surface area contributed by atoms with Crippen molar-refractivity contribution in [3.63, 3.8) is 0 Å². The summed E-state index contributed by atoms with van der Waals surface area (Å²) < 4.78 is 0. The molecule has 0 spiro atoms. The van der Waals surface area contributed by atoms with Gasteiger partial charge in [-0.05, 0) is 25.7 Å². The van der Waals surface area contributed by atoms with E-state index in [1.54, 1.807) is 4.90 Å². The van der Waals surface area contributed by atoms with Gasteiger partial charge in [0.15, 0.2) is 0 Å². The number of aliphatic carboxylic acids is 1. The number of hydrogen-bond acceptors (Lipinski definition) is 2. The van der Waals surface area contributed by atoms with Gasteiger partial charge < -0.3 is 14.9 Å². The predicted octanol–water partition coefficient (Wildman–Crippen LogP) is 1.63. The second-order valence-electron chi connectivity index (χ2n) is 4.97. The van der Waals surface area contributed by atoms with Gasteiger partial charge >= 0.3 is 12.0 Å². The highest BCUT2D eigenvalue weighted by Crippen LogP contribution is 2.27. The number of carboxylic acid groups (broad SMARTS) is 1. The monoisotopic (exact) mass is 242 g/mol. The lowest BCUT2D eigenvalue weighted by Gasteiger charge is -2.30. The lowest BCUT2D eigenvalue weighted by atomic mass is 10.2. The molecule has 1 rings (SSSR count). The highest BCUT2D eigenvalue weighted by atomic mass is 16.4. The van der Waals surface area contributed by atoms with E-state index in [1.165, 1.54) is 4.90 Å². The first-order valence-electron chi connectivity index (χ1n) is 6.23. The Morgan fingerprint density at radius 1 is 1.35 bits per heavy atom. The minimum atomic E-state index is -0.953. The van der Waals surface area contributed by atoms with Crippen LogP contribution in [0, 0.1) is 5.92 Å². The van der Waals surface area contributed by atoms with E-state index in [4.69, 9.17) is 5.11 Å². The maximum Gasteiger partial charge on any atom is 0.323 e. The highest BCUT2D eigenvalue weighted by Gasteiger charge is 2.34. The van der Waals surface area contributed by atoms with E-state index < -0.39 is 5.97 Å². The zero-order valence-corrected chi connectivity index (χ0v) is 10.8. The van der Waals surface area contributed by atoms with Crippen LogP contribution in [-0.2, 0) is 4.79 Å². The lowest BCUT2D eigenvalue weighted by molar-refractivity contribution is -0.137. The molecule has 0 aromatic rings. The van der Waals surface area contributed by atoms with Crippen LogP contribution in [0.15, 0.2) is 0 Å². The van der Waals surface area contributed by atoms with Gasteiger partial charge in [-0.15, -0.1) is 0 Å². The lowest BCUT2D eigenvalue weighted by Crippen LogP contribution is -2.47. The second-order valence-corrected chi connectivity index (χ2v) is 4.97. The third-order valence-electron chi connectivity index (χ3n) is 2.76. The van der Waals surface area contributed by atoms with Crippen LogP contribution in [0.25, 0.3) is 0 Å². The smallest absolute Gasteiger partial charge is 0.323 e. The van der Waals surface area contributed by atoms with Gasteiger partial charge in [0.2, 0.25) is 0 Å². The van der Waals surface area contributed by atoms with Crippen molar-refractivity contribution in [2.24, 2.45) is 5.92 Å². The molecule has 1 N–H and O–H groups in total. The Labute approximate surface area is 102 Å². The number of carboxylic acids is 1. The summed E-state index contributed by atoms with van der Waals surface area (Å²) >= 11 is 0. The summed E-state index contributed by atoms with van der Waals surface area (Å²) in [6, 6.07) is 0.196. The topological polar surface area (TPSA) is 60.9 Å². The molecule has 5 nitrogen and oxygen atoms in total. The van der Waals surface area contributed by atoms with Gasteiger partial charge in [0.25, 0.3) is 0 Å². The SMILES string of the molecule is CCN(C(=O)N(CC(=O)O)CC(C)C)C1CC1. The number of nitrogens with zero attached hydrogens (tertiary/aromatic N) is 2. The molecule has 0 aromatic heterocycles. The molecule has 0 saturated heterocycles. The van der Waals surface area contributed by atoms with E-state index in [-0.39, 0.29) is 18.5 Å². The summed E-state index contributed by atoms with van der Waals surface area (Å²) in [6.45, 7) is 6.84. The molecule has 17 heavy (non-hydrogen) atoms. The average molecular weight is 242 g/mol. The van der Waals surface area contributed by atoms with Crippen LogP contribution in [0.4, 0.5) is 4.79 Å². The fourth-order valence-electron chi connectivity index (χ4n) is 1.93. The van der Waals surface area contributed by atoms with Gasteiger partial charge in [0.05, 0.1) is 0 Å². The number of rotatable bonds is 6. The van der Waals surface area contributed by atoms with Gasteiger partial charge in [-0.25, -0.2) is 4.79 Å². The summed E-state index contributed by atoms with van der Waals surface area (Å²) in [6.07, 6.45) is 2.09. The standard InChI is InChI=1S/C12H22N2O3/c1-4-14(10-5-6-10)12(17)13(7-9(2)3)8-11(15)16/h9-10H,4-8H2,1-3H3,(H,15,16). The van der Waals surface area contributed by atoms with E-state index in [2.05, 4.69) is 0 Å². The molecule has 5 heteroatoms. The van der Waals surface area contributed by atoms with Crippen molar-refractivity contribution in [1.82, 2.24) is 9.80 Å². The van der Waals surface area contributed by atoms with Crippen molar-refractivity contribution < 1.29 is 14.7 Å². The molecule has 1 fully saturated rings. The molecule has 0 heterocycles. The zero-order valence-electron chi connectivity index (χ0n) is 10.8. The van der Waals surface area contributed by atoms with Crippen LogP contribution in [0.2, 0.25) is 0 Å². The Morgan fingerprint density at radius 2 is 1.94 bits per heavy atom. The van der Waals surface area contributed by atoms with Gasteiger partial charge in [0.1, 0.15) is 6.54 Å². The Kier molecular flexibility index (Phi) is 4.78. The van der Waals surface area contributed by atoms with Crippen molar-refractivity contribution >= 4 is 12.0 Å². The Hall–Kier alpha value is -1.26. The molecule has 1 aliphatic rings. The van der Waals surface area contributed by atoms with E-state index in [9.17, 15) is 9.59 Å². The first-order valence-corrected chi connectivity index (χ1v) is 6.23.